The SMILES string of the molecule is CCCNC1COCC1C(=O)NCC(C)C. The third-order valence-corrected chi connectivity index (χ3v) is 2.76. The van der Waals surface area contributed by atoms with Crippen molar-refractivity contribution in [1.29, 1.82) is 0 Å². The molecule has 4 heteroatoms. The number of nitrogens with one attached hydrogen (secondary N) is 2. The van der Waals surface area contributed by atoms with Crippen molar-refractivity contribution in [3.63, 3.8) is 0 Å². The summed E-state index contributed by atoms with van der Waals surface area (Å²) in [6.07, 6.45) is 1.08. The molecule has 0 aromatic heterocycles. The minimum Gasteiger partial charge on any atom is -0.379 e. The van der Waals surface area contributed by atoms with Crippen LogP contribution in [0.4, 0.5) is 0 Å². The molecule has 1 heterocycles. The van der Waals surface area contributed by atoms with E-state index in [2.05, 4.69) is 31.4 Å². The summed E-state index contributed by atoms with van der Waals surface area (Å²) in [6.45, 7) is 9.20. The van der Waals surface area contributed by atoms with E-state index < -0.39 is 0 Å². The van der Waals surface area contributed by atoms with Crippen molar-refractivity contribution in [2.45, 2.75) is 33.2 Å². The van der Waals surface area contributed by atoms with Gasteiger partial charge in [0.05, 0.1) is 19.1 Å². The molecule has 0 saturated carbocycles. The monoisotopic (exact) mass is 228 g/mol. The summed E-state index contributed by atoms with van der Waals surface area (Å²) in [7, 11) is 0. The minimum atomic E-state index is -0.0229. The maximum Gasteiger partial charge on any atom is 0.227 e. The third kappa shape index (κ3) is 4.10. The molecule has 1 aliphatic heterocycles. The van der Waals surface area contributed by atoms with Crippen LogP contribution in [0.2, 0.25) is 0 Å². The smallest absolute Gasteiger partial charge is 0.227 e. The Labute approximate surface area is 98.1 Å². The minimum absolute atomic E-state index is 0.0229. The first-order valence-electron chi connectivity index (χ1n) is 6.24. The molecule has 0 aromatic rings. The lowest BCUT2D eigenvalue weighted by Crippen LogP contribution is -2.44. The Kier molecular flexibility index (Phi) is 5.77. The second-order valence-electron chi connectivity index (χ2n) is 4.84. The van der Waals surface area contributed by atoms with Crippen molar-refractivity contribution in [3.8, 4) is 0 Å². The molecule has 0 aliphatic carbocycles. The van der Waals surface area contributed by atoms with Gasteiger partial charge in [-0.05, 0) is 18.9 Å². The second-order valence-corrected chi connectivity index (χ2v) is 4.84. The summed E-state index contributed by atoms with van der Waals surface area (Å²) in [5.41, 5.74) is 0. The zero-order valence-corrected chi connectivity index (χ0v) is 10.6. The Balaban J connectivity index is 2.35. The second kappa shape index (κ2) is 6.86. The van der Waals surface area contributed by atoms with E-state index in [1.165, 1.54) is 0 Å². The van der Waals surface area contributed by atoms with Crippen LogP contribution in [0.1, 0.15) is 27.2 Å². The number of rotatable bonds is 6. The van der Waals surface area contributed by atoms with Gasteiger partial charge in [0.15, 0.2) is 0 Å². The molecule has 2 N–H and O–H groups in total. The van der Waals surface area contributed by atoms with Gasteiger partial charge in [0.1, 0.15) is 0 Å². The molecule has 1 aliphatic rings. The van der Waals surface area contributed by atoms with E-state index in [1.807, 2.05) is 0 Å². The molecule has 0 aromatic carbocycles. The molecule has 0 spiro atoms. The highest BCUT2D eigenvalue weighted by Gasteiger charge is 2.33. The van der Waals surface area contributed by atoms with Gasteiger partial charge in [-0.15, -0.1) is 0 Å². The highest BCUT2D eigenvalue weighted by Crippen LogP contribution is 2.14. The number of hydrogen-bond donors (Lipinski definition) is 2. The van der Waals surface area contributed by atoms with Crippen LogP contribution in [-0.4, -0.2) is 38.3 Å². The first kappa shape index (κ1) is 13.5. The lowest BCUT2D eigenvalue weighted by molar-refractivity contribution is -0.125. The van der Waals surface area contributed by atoms with Gasteiger partial charge in [0.2, 0.25) is 5.91 Å². The van der Waals surface area contributed by atoms with Gasteiger partial charge in [0, 0.05) is 12.6 Å². The van der Waals surface area contributed by atoms with Crippen molar-refractivity contribution < 1.29 is 9.53 Å². The topological polar surface area (TPSA) is 50.4 Å². The lowest BCUT2D eigenvalue weighted by Gasteiger charge is -2.19. The van der Waals surface area contributed by atoms with Crippen molar-refractivity contribution in [2.24, 2.45) is 11.8 Å². The average molecular weight is 228 g/mol. The zero-order chi connectivity index (χ0) is 12.0. The quantitative estimate of drug-likeness (QED) is 0.706. The van der Waals surface area contributed by atoms with Crippen LogP contribution < -0.4 is 10.6 Å². The predicted octanol–water partition coefficient (Wildman–Crippen LogP) is 0.773. The number of ether oxygens (including phenoxy) is 1. The van der Waals surface area contributed by atoms with Crippen LogP contribution in [0, 0.1) is 11.8 Å². The van der Waals surface area contributed by atoms with Crippen LogP contribution in [0.5, 0.6) is 0 Å². The standard InChI is InChI=1S/C12H24N2O2/c1-4-5-13-11-8-16-7-10(11)12(15)14-6-9(2)3/h9-11,13H,4-8H2,1-3H3,(H,14,15). The van der Waals surface area contributed by atoms with Crippen LogP contribution in [0.15, 0.2) is 0 Å². The van der Waals surface area contributed by atoms with Gasteiger partial charge in [-0.1, -0.05) is 20.8 Å². The van der Waals surface area contributed by atoms with Crippen molar-refractivity contribution in [1.82, 2.24) is 10.6 Å². The summed E-state index contributed by atoms with van der Waals surface area (Å²) >= 11 is 0. The molecule has 2 atom stereocenters. The molecule has 16 heavy (non-hydrogen) atoms. The maximum atomic E-state index is 11.9. The molecule has 1 fully saturated rings. The Morgan fingerprint density at radius 3 is 2.81 bits per heavy atom. The molecule has 4 nitrogen and oxygen atoms in total. The fraction of sp³-hybridized carbons (Fsp3) is 0.917. The van der Waals surface area contributed by atoms with Crippen molar-refractivity contribution in [3.05, 3.63) is 0 Å². The number of carbonyl (C=O) groups excluding carboxylic acids is 1. The van der Waals surface area contributed by atoms with Crippen LogP contribution in [0.25, 0.3) is 0 Å². The number of hydrogen-bond acceptors (Lipinski definition) is 3. The van der Waals surface area contributed by atoms with E-state index in [9.17, 15) is 4.79 Å². The zero-order valence-electron chi connectivity index (χ0n) is 10.6. The first-order chi connectivity index (χ1) is 7.65. The largest absolute Gasteiger partial charge is 0.379 e. The molecule has 1 rings (SSSR count). The predicted molar refractivity (Wildman–Crippen MR) is 64.2 cm³/mol. The molecule has 1 amide bonds. The molecular weight excluding hydrogens is 204 g/mol. The summed E-state index contributed by atoms with van der Waals surface area (Å²) < 4.78 is 5.37. The van der Waals surface area contributed by atoms with Gasteiger partial charge in [-0.2, -0.15) is 0 Å². The molecule has 0 bridgehead atoms. The Morgan fingerprint density at radius 2 is 2.19 bits per heavy atom. The third-order valence-electron chi connectivity index (χ3n) is 2.76. The lowest BCUT2D eigenvalue weighted by atomic mass is 10.0. The molecule has 2 unspecified atom stereocenters. The van der Waals surface area contributed by atoms with Crippen LogP contribution in [-0.2, 0) is 9.53 Å². The van der Waals surface area contributed by atoms with Gasteiger partial charge >= 0.3 is 0 Å². The van der Waals surface area contributed by atoms with Gasteiger partial charge in [-0.25, -0.2) is 0 Å². The fourth-order valence-corrected chi connectivity index (χ4v) is 1.78. The normalized spacial score (nSPS) is 25.0. The van der Waals surface area contributed by atoms with Crippen LogP contribution in [0.3, 0.4) is 0 Å². The van der Waals surface area contributed by atoms with E-state index in [0.717, 1.165) is 19.5 Å². The van der Waals surface area contributed by atoms with E-state index in [4.69, 9.17) is 4.74 Å². The van der Waals surface area contributed by atoms with Crippen molar-refractivity contribution >= 4 is 5.91 Å². The highest BCUT2D eigenvalue weighted by molar-refractivity contribution is 5.79. The molecule has 1 saturated heterocycles. The average Bonchev–Trinajstić information content (AvgIpc) is 2.71. The molecule has 94 valence electrons. The maximum absolute atomic E-state index is 11.9. The van der Waals surface area contributed by atoms with Gasteiger partial charge in [-0.3, -0.25) is 4.79 Å². The van der Waals surface area contributed by atoms with E-state index in [1.54, 1.807) is 0 Å². The fourth-order valence-electron chi connectivity index (χ4n) is 1.78. The summed E-state index contributed by atoms with van der Waals surface area (Å²) in [6, 6.07) is 0.187. The van der Waals surface area contributed by atoms with Crippen LogP contribution >= 0.6 is 0 Å². The summed E-state index contributed by atoms with van der Waals surface area (Å²) in [5, 5.41) is 6.34. The van der Waals surface area contributed by atoms with Gasteiger partial charge in [0.25, 0.3) is 0 Å². The van der Waals surface area contributed by atoms with E-state index in [-0.39, 0.29) is 17.9 Å². The van der Waals surface area contributed by atoms with E-state index >= 15 is 0 Å². The molecular formula is C12H24N2O2. The van der Waals surface area contributed by atoms with Gasteiger partial charge < -0.3 is 15.4 Å². The number of amides is 1. The van der Waals surface area contributed by atoms with Crippen molar-refractivity contribution in [2.75, 3.05) is 26.3 Å². The Hall–Kier alpha value is -0.610. The highest BCUT2D eigenvalue weighted by atomic mass is 16.5. The first-order valence-corrected chi connectivity index (χ1v) is 6.24. The Bertz CT molecular complexity index is 219. The summed E-state index contributed by atoms with van der Waals surface area (Å²) in [5.74, 6) is 0.596. The Morgan fingerprint density at radius 1 is 1.44 bits per heavy atom. The number of carbonyl (C=O) groups is 1. The summed E-state index contributed by atoms with van der Waals surface area (Å²) in [4.78, 5) is 11.9. The van der Waals surface area contributed by atoms with E-state index in [0.29, 0.717) is 19.1 Å². The molecule has 0 radical (unpaired) electrons.